The summed E-state index contributed by atoms with van der Waals surface area (Å²) in [6, 6.07) is 3.20. The molecule has 0 saturated heterocycles. The van der Waals surface area contributed by atoms with Gasteiger partial charge in [-0.05, 0) is 49.0 Å². The quantitative estimate of drug-likeness (QED) is 0.538. The number of benzene rings is 1. The van der Waals surface area contributed by atoms with Crippen LogP contribution in [-0.4, -0.2) is 13.5 Å². The molecule has 1 nitrogen and oxygen atoms in total. The molecule has 0 aliphatic heterocycles. The van der Waals surface area contributed by atoms with Gasteiger partial charge >= 0.3 is 0 Å². The van der Waals surface area contributed by atoms with E-state index >= 15 is 0 Å². The third-order valence-electron chi connectivity index (χ3n) is 2.97. The van der Waals surface area contributed by atoms with Gasteiger partial charge in [-0.2, -0.15) is 0 Å². The average Bonchev–Trinajstić information content (AvgIpc) is 3.09. The lowest BCUT2D eigenvalue weighted by Crippen LogP contribution is -1.94. The predicted molar refractivity (Wildman–Crippen MR) is 77.4 cm³/mol. The molecule has 0 amide bonds. The van der Waals surface area contributed by atoms with Gasteiger partial charge in [-0.3, -0.25) is 4.99 Å². The molecule has 1 aromatic rings. The zero-order valence-corrected chi connectivity index (χ0v) is 11.8. The van der Waals surface area contributed by atoms with Crippen LogP contribution in [0.3, 0.4) is 0 Å². The van der Waals surface area contributed by atoms with Gasteiger partial charge in [-0.1, -0.05) is 32.8 Å². The number of hydrogen-bond donors (Lipinski definition) is 0. The van der Waals surface area contributed by atoms with E-state index in [1.807, 2.05) is 13.8 Å². The molecule has 1 aliphatic rings. The Hall–Kier alpha value is -1.12. The van der Waals surface area contributed by atoms with Crippen molar-refractivity contribution in [2.75, 3.05) is 0 Å². The van der Waals surface area contributed by atoms with Crippen LogP contribution in [0.1, 0.15) is 44.2 Å². The molecule has 0 heterocycles. The number of halogens is 1. The molecule has 0 atom stereocenters. The summed E-state index contributed by atoms with van der Waals surface area (Å²) in [5.74, 6) is 0.846. The SMILES string of the molecule is CC1CC1.[B]C(CC)=Nc1cc(F)c(C)cc1C. The highest BCUT2D eigenvalue weighted by Gasteiger charge is 2.12. The Morgan fingerprint density at radius 1 is 1.33 bits per heavy atom. The molecule has 1 saturated carbocycles. The maximum Gasteiger partial charge on any atom is 0.135 e. The molecule has 3 heteroatoms. The first-order valence-electron chi connectivity index (χ1n) is 6.53. The summed E-state index contributed by atoms with van der Waals surface area (Å²) in [5, 5.41) is 0. The lowest BCUT2D eigenvalue weighted by Gasteiger charge is -2.04. The zero-order chi connectivity index (χ0) is 13.7. The maximum atomic E-state index is 13.2. The average molecular weight is 245 g/mol. The fraction of sp³-hybridized carbons (Fsp3) is 0.533. The van der Waals surface area contributed by atoms with E-state index < -0.39 is 0 Å². The molecule has 0 spiro atoms. The van der Waals surface area contributed by atoms with Gasteiger partial charge in [0.2, 0.25) is 0 Å². The van der Waals surface area contributed by atoms with E-state index in [2.05, 4.69) is 11.9 Å². The fourth-order valence-electron chi connectivity index (χ4n) is 1.34. The van der Waals surface area contributed by atoms with Crippen molar-refractivity contribution in [1.29, 1.82) is 0 Å². The molecule has 1 aliphatic carbocycles. The van der Waals surface area contributed by atoms with Gasteiger partial charge in [0, 0.05) is 0 Å². The second-order valence-electron chi connectivity index (χ2n) is 5.03. The zero-order valence-electron chi connectivity index (χ0n) is 11.8. The van der Waals surface area contributed by atoms with Gasteiger partial charge in [0.1, 0.15) is 13.7 Å². The van der Waals surface area contributed by atoms with Gasteiger partial charge < -0.3 is 0 Å². The topological polar surface area (TPSA) is 12.4 Å². The normalized spacial score (nSPS) is 15.1. The standard InChI is InChI=1S/C11H13BFN.C4H8/c1-4-11(12)14-10-6-9(13)7(2)5-8(10)3;1-4-2-3-4/h5-6H,4H2,1-3H3;4H,2-3H2,1H3. The summed E-state index contributed by atoms with van der Waals surface area (Å²) in [6.07, 6.45) is 3.65. The minimum absolute atomic E-state index is 0.238. The summed E-state index contributed by atoms with van der Waals surface area (Å²) in [4.78, 5) is 4.13. The molecule has 0 aromatic heterocycles. The van der Waals surface area contributed by atoms with Crippen molar-refractivity contribution < 1.29 is 4.39 Å². The molecule has 2 rings (SSSR count). The summed E-state index contributed by atoms with van der Waals surface area (Å²) in [6.45, 7) is 7.83. The highest BCUT2D eigenvalue weighted by Crippen LogP contribution is 2.26. The van der Waals surface area contributed by atoms with Crippen molar-refractivity contribution in [3.8, 4) is 0 Å². The van der Waals surface area contributed by atoms with E-state index in [0.717, 1.165) is 11.5 Å². The van der Waals surface area contributed by atoms with Crippen LogP contribution in [0.5, 0.6) is 0 Å². The first kappa shape index (κ1) is 14.9. The Balaban J connectivity index is 0.000000341. The summed E-state index contributed by atoms with van der Waals surface area (Å²) < 4.78 is 13.2. The smallest absolute Gasteiger partial charge is 0.135 e. The maximum absolute atomic E-state index is 13.2. The molecule has 96 valence electrons. The molecule has 1 fully saturated rings. The Morgan fingerprint density at radius 3 is 2.33 bits per heavy atom. The van der Waals surface area contributed by atoms with Gasteiger partial charge in [-0.25, -0.2) is 4.39 Å². The predicted octanol–water partition coefficient (Wildman–Crippen LogP) is 4.47. The van der Waals surface area contributed by atoms with Gasteiger partial charge in [0.25, 0.3) is 0 Å². The number of hydrogen-bond acceptors (Lipinski definition) is 1. The number of nitrogens with zero attached hydrogens (tertiary/aromatic N) is 1. The molecule has 18 heavy (non-hydrogen) atoms. The fourth-order valence-corrected chi connectivity index (χ4v) is 1.34. The second-order valence-corrected chi connectivity index (χ2v) is 5.03. The number of aryl methyl sites for hydroxylation is 2. The Kier molecular flexibility index (Phi) is 5.58. The van der Waals surface area contributed by atoms with Gasteiger partial charge in [0.15, 0.2) is 0 Å². The Morgan fingerprint density at radius 2 is 1.89 bits per heavy atom. The van der Waals surface area contributed by atoms with E-state index in [0.29, 0.717) is 23.3 Å². The van der Waals surface area contributed by atoms with Crippen LogP contribution in [0.25, 0.3) is 0 Å². The molecule has 0 N–H and O–H groups in total. The van der Waals surface area contributed by atoms with E-state index in [4.69, 9.17) is 7.85 Å². The van der Waals surface area contributed by atoms with E-state index in [9.17, 15) is 4.39 Å². The first-order valence-corrected chi connectivity index (χ1v) is 6.53. The first-order chi connectivity index (χ1) is 8.43. The minimum atomic E-state index is -0.238. The molecule has 0 unspecified atom stereocenters. The van der Waals surface area contributed by atoms with Crippen LogP contribution in [0.2, 0.25) is 0 Å². The molecular weight excluding hydrogens is 224 g/mol. The third-order valence-corrected chi connectivity index (χ3v) is 2.97. The van der Waals surface area contributed by atoms with Crippen LogP contribution in [-0.2, 0) is 0 Å². The largest absolute Gasteiger partial charge is 0.269 e. The van der Waals surface area contributed by atoms with E-state index in [-0.39, 0.29) is 5.82 Å². The third kappa shape index (κ3) is 5.03. The van der Waals surface area contributed by atoms with Crippen LogP contribution in [0, 0.1) is 25.6 Å². The molecular formula is C15H21BFN. The van der Waals surface area contributed by atoms with Crippen molar-refractivity contribution in [3.05, 3.63) is 29.1 Å². The lowest BCUT2D eigenvalue weighted by atomic mass is 9.98. The van der Waals surface area contributed by atoms with Crippen LogP contribution in [0.15, 0.2) is 17.1 Å². The highest BCUT2D eigenvalue weighted by atomic mass is 19.1. The van der Waals surface area contributed by atoms with Crippen molar-refractivity contribution in [2.24, 2.45) is 10.9 Å². The van der Waals surface area contributed by atoms with Crippen LogP contribution in [0.4, 0.5) is 10.1 Å². The van der Waals surface area contributed by atoms with Crippen LogP contribution < -0.4 is 0 Å². The van der Waals surface area contributed by atoms with Crippen molar-refractivity contribution in [1.82, 2.24) is 0 Å². The summed E-state index contributed by atoms with van der Waals surface area (Å²) in [5.41, 5.74) is 2.72. The Bertz CT molecular complexity index is 436. The monoisotopic (exact) mass is 245 g/mol. The molecule has 1 aromatic carbocycles. The second kappa shape index (κ2) is 6.72. The summed E-state index contributed by atoms with van der Waals surface area (Å²) in [7, 11) is 5.59. The van der Waals surface area contributed by atoms with Gasteiger partial charge in [-0.15, -0.1) is 0 Å². The van der Waals surface area contributed by atoms with Crippen molar-refractivity contribution in [3.63, 3.8) is 0 Å². The van der Waals surface area contributed by atoms with Crippen molar-refractivity contribution in [2.45, 2.75) is 47.0 Å². The Labute approximate surface area is 111 Å². The highest BCUT2D eigenvalue weighted by molar-refractivity contribution is 6.59. The van der Waals surface area contributed by atoms with E-state index in [1.54, 1.807) is 13.0 Å². The van der Waals surface area contributed by atoms with Gasteiger partial charge in [0.05, 0.1) is 5.69 Å². The number of rotatable bonds is 2. The molecule has 2 radical (unpaired) electrons. The summed E-state index contributed by atoms with van der Waals surface area (Å²) >= 11 is 0. The number of aliphatic imine (C=N–C) groups is 1. The van der Waals surface area contributed by atoms with Crippen molar-refractivity contribution >= 4 is 19.1 Å². The molecule has 0 bridgehead atoms. The minimum Gasteiger partial charge on any atom is -0.269 e. The van der Waals surface area contributed by atoms with E-state index in [1.165, 1.54) is 18.9 Å². The van der Waals surface area contributed by atoms with Crippen LogP contribution >= 0.6 is 0 Å². The lowest BCUT2D eigenvalue weighted by molar-refractivity contribution is 0.618.